The molecular weight excluding hydrogens is 228 g/mol. The number of rotatable bonds is 5. The van der Waals surface area contributed by atoms with Gasteiger partial charge in [0, 0.05) is 6.07 Å². The Balaban J connectivity index is 2.92. The molecule has 0 saturated carbocycles. The molecule has 0 aromatic heterocycles. The van der Waals surface area contributed by atoms with Crippen LogP contribution in [0, 0.1) is 10.1 Å². The van der Waals surface area contributed by atoms with Crippen LogP contribution in [-0.2, 0) is 0 Å². The minimum absolute atomic E-state index is 0.107. The van der Waals surface area contributed by atoms with Crippen LogP contribution in [0.2, 0.25) is 0 Å². The van der Waals surface area contributed by atoms with Gasteiger partial charge in [-0.1, -0.05) is 12.1 Å². The topological polar surface area (TPSA) is 113 Å². The number of benzene rings is 1. The fourth-order valence-electron chi connectivity index (χ4n) is 1.24. The molecule has 7 nitrogen and oxygen atoms in total. The lowest BCUT2D eigenvalue weighted by molar-refractivity contribution is -0.385. The predicted molar refractivity (Wildman–Crippen MR) is 58.5 cm³/mol. The molecule has 1 rings (SSSR count). The Labute approximate surface area is 96.8 Å². The molecule has 0 heterocycles. The van der Waals surface area contributed by atoms with Crippen LogP contribution in [0.4, 0.5) is 5.69 Å². The number of aliphatic hydroxyl groups is 2. The van der Waals surface area contributed by atoms with Crippen LogP contribution in [0.15, 0.2) is 24.3 Å². The Morgan fingerprint density at radius 2 is 1.94 bits per heavy atom. The highest BCUT2D eigenvalue weighted by Gasteiger charge is 2.20. The third-order valence-corrected chi connectivity index (χ3v) is 2.12. The van der Waals surface area contributed by atoms with Crippen molar-refractivity contribution in [3.8, 4) is 0 Å². The molecule has 17 heavy (non-hydrogen) atoms. The number of nitrogens with zero attached hydrogens (tertiary/aromatic N) is 1. The molecule has 0 unspecified atom stereocenters. The molecule has 0 bridgehead atoms. The van der Waals surface area contributed by atoms with Gasteiger partial charge in [0.15, 0.2) is 0 Å². The van der Waals surface area contributed by atoms with Crippen LogP contribution in [0.1, 0.15) is 10.4 Å². The van der Waals surface area contributed by atoms with Gasteiger partial charge < -0.3 is 15.5 Å². The van der Waals surface area contributed by atoms with Crippen molar-refractivity contribution in [2.45, 2.75) is 6.04 Å². The molecule has 3 N–H and O–H groups in total. The van der Waals surface area contributed by atoms with Gasteiger partial charge in [-0.15, -0.1) is 0 Å². The van der Waals surface area contributed by atoms with E-state index < -0.39 is 30.1 Å². The predicted octanol–water partition coefficient (Wildman–Crippen LogP) is -0.322. The minimum atomic E-state index is -0.831. The van der Waals surface area contributed by atoms with Crippen LogP contribution >= 0.6 is 0 Å². The Bertz CT molecular complexity index is 417. The van der Waals surface area contributed by atoms with E-state index in [4.69, 9.17) is 10.2 Å². The van der Waals surface area contributed by atoms with E-state index >= 15 is 0 Å². The van der Waals surface area contributed by atoms with Gasteiger partial charge in [-0.05, 0) is 6.07 Å². The number of nitro groups is 1. The van der Waals surface area contributed by atoms with E-state index in [0.717, 1.165) is 0 Å². The fourth-order valence-corrected chi connectivity index (χ4v) is 1.24. The van der Waals surface area contributed by atoms with Crippen LogP contribution in [0.3, 0.4) is 0 Å². The Morgan fingerprint density at radius 3 is 2.47 bits per heavy atom. The smallest absolute Gasteiger partial charge is 0.282 e. The van der Waals surface area contributed by atoms with Gasteiger partial charge in [-0.3, -0.25) is 14.9 Å². The number of hydrogen-bond acceptors (Lipinski definition) is 5. The van der Waals surface area contributed by atoms with Crippen molar-refractivity contribution in [1.29, 1.82) is 0 Å². The van der Waals surface area contributed by atoms with Gasteiger partial charge in [-0.2, -0.15) is 0 Å². The second-order valence-corrected chi connectivity index (χ2v) is 3.31. The molecule has 7 heteroatoms. The molecule has 1 aromatic rings. The zero-order valence-electron chi connectivity index (χ0n) is 8.87. The number of para-hydroxylation sites is 1. The quantitative estimate of drug-likeness (QED) is 0.482. The number of nitrogens with one attached hydrogen (secondary N) is 1. The van der Waals surface area contributed by atoms with Gasteiger partial charge in [-0.25, -0.2) is 0 Å². The number of aliphatic hydroxyl groups excluding tert-OH is 2. The lowest BCUT2D eigenvalue weighted by Crippen LogP contribution is -2.40. The minimum Gasteiger partial charge on any atom is -0.394 e. The highest BCUT2D eigenvalue weighted by Crippen LogP contribution is 2.17. The summed E-state index contributed by atoms with van der Waals surface area (Å²) in [5.41, 5.74) is -0.427. The van der Waals surface area contributed by atoms with E-state index in [1.165, 1.54) is 24.3 Å². The fraction of sp³-hybridized carbons (Fsp3) is 0.300. The van der Waals surface area contributed by atoms with Gasteiger partial charge in [0.05, 0.1) is 24.2 Å². The van der Waals surface area contributed by atoms with Gasteiger partial charge in [0.2, 0.25) is 0 Å². The zero-order valence-corrected chi connectivity index (χ0v) is 8.87. The summed E-state index contributed by atoms with van der Waals surface area (Å²) in [6.45, 7) is -0.883. The van der Waals surface area contributed by atoms with Crippen molar-refractivity contribution in [1.82, 2.24) is 5.32 Å². The molecular formula is C10H12N2O5. The van der Waals surface area contributed by atoms with Crippen molar-refractivity contribution in [2.75, 3.05) is 13.2 Å². The first kappa shape index (κ1) is 13.1. The summed E-state index contributed by atoms with van der Waals surface area (Å²) in [7, 11) is 0. The first-order valence-corrected chi connectivity index (χ1v) is 4.86. The van der Waals surface area contributed by atoms with E-state index in [1.54, 1.807) is 0 Å². The standard InChI is InChI=1S/C10H12N2O5/c13-5-7(6-14)11-10(15)8-3-1-2-4-9(8)12(16)17/h1-4,7,13-14H,5-6H2,(H,11,15). The summed E-state index contributed by atoms with van der Waals surface area (Å²) in [6.07, 6.45) is 0. The molecule has 1 amide bonds. The molecule has 0 radical (unpaired) electrons. The second-order valence-electron chi connectivity index (χ2n) is 3.31. The summed E-state index contributed by atoms with van der Waals surface area (Å²) in [4.78, 5) is 21.7. The lowest BCUT2D eigenvalue weighted by atomic mass is 10.1. The molecule has 1 aromatic carbocycles. The zero-order chi connectivity index (χ0) is 12.8. The second kappa shape index (κ2) is 5.92. The Kier molecular flexibility index (Phi) is 4.56. The third kappa shape index (κ3) is 3.23. The number of carbonyl (C=O) groups excluding carboxylic acids is 1. The van der Waals surface area contributed by atoms with Crippen LogP contribution < -0.4 is 5.32 Å². The normalized spacial score (nSPS) is 10.3. The third-order valence-electron chi connectivity index (χ3n) is 2.12. The molecule has 0 atom stereocenters. The molecule has 0 aliphatic heterocycles. The molecule has 0 spiro atoms. The van der Waals surface area contributed by atoms with Crippen molar-refractivity contribution in [3.63, 3.8) is 0 Å². The van der Waals surface area contributed by atoms with Crippen LogP contribution in [-0.4, -0.2) is 40.3 Å². The summed E-state index contributed by atoms with van der Waals surface area (Å²) in [5, 5.41) is 30.5. The van der Waals surface area contributed by atoms with Gasteiger partial charge in [0.25, 0.3) is 11.6 Å². The Hall–Kier alpha value is -1.99. The summed E-state index contributed by atoms with van der Waals surface area (Å²) >= 11 is 0. The summed E-state index contributed by atoms with van der Waals surface area (Å²) in [5.74, 6) is -0.703. The highest BCUT2D eigenvalue weighted by molar-refractivity contribution is 5.98. The average Bonchev–Trinajstić information content (AvgIpc) is 2.35. The largest absolute Gasteiger partial charge is 0.394 e. The monoisotopic (exact) mass is 240 g/mol. The first-order valence-electron chi connectivity index (χ1n) is 4.86. The van der Waals surface area contributed by atoms with Crippen LogP contribution in [0.5, 0.6) is 0 Å². The molecule has 0 saturated heterocycles. The van der Waals surface area contributed by atoms with E-state index in [1.807, 2.05) is 0 Å². The van der Waals surface area contributed by atoms with E-state index in [0.29, 0.717) is 0 Å². The number of carbonyl (C=O) groups is 1. The van der Waals surface area contributed by atoms with Crippen molar-refractivity contribution >= 4 is 11.6 Å². The average molecular weight is 240 g/mol. The van der Waals surface area contributed by atoms with Crippen molar-refractivity contribution in [3.05, 3.63) is 39.9 Å². The first-order chi connectivity index (χ1) is 8.10. The number of amides is 1. The molecule has 0 aliphatic rings. The van der Waals surface area contributed by atoms with E-state index in [-0.39, 0.29) is 11.3 Å². The van der Waals surface area contributed by atoms with E-state index in [9.17, 15) is 14.9 Å². The summed E-state index contributed by atoms with van der Waals surface area (Å²) < 4.78 is 0. The Morgan fingerprint density at radius 1 is 1.35 bits per heavy atom. The van der Waals surface area contributed by atoms with E-state index in [2.05, 4.69) is 5.32 Å². The highest BCUT2D eigenvalue weighted by atomic mass is 16.6. The number of nitro benzene ring substituents is 1. The van der Waals surface area contributed by atoms with Gasteiger partial charge >= 0.3 is 0 Å². The maximum absolute atomic E-state index is 11.7. The molecule has 0 fully saturated rings. The summed E-state index contributed by atoms with van der Waals surface area (Å²) in [6, 6.07) is 4.63. The van der Waals surface area contributed by atoms with Gasteiger partial charge in [0.1, 0.15) is 5.56 Å². The molecule has 92 valence electrons. The van der Waals surface area contributed by atoms with Crippen molar-refractivity contribution < 1.29 is 19.9 Å². The van der Waals surface area contributed by atoms with Crippen molar-refractivity contribution in [2.24, 2.45) is 0 Å². The lowest BCUT2D eigenvalue weighted by Gasteiger charge is -2.13. The SMILES string of the molecule is O=C(NC(CO)CO)c1ccccc1[N+](=O)[O-]. The maximum atomic E-state index is 11.7. The number of hydrogen-bond donors (Lipinski definition) is 3. The molecule has 0 aliphatic carbocycles. The maximum Gasteiger partial charge on any atom is 0.282 e. The van der Waals surface area contributed by atoms with Crippen LogP contribution in [0.25, 0.3) is 0 Å².